The Kier molecular flexibility index (Phi) is 3.97. The Hall–Kier alpha value is -2.51. The molecule has 3 rings (SSSR count). The zero-order chi connectivity index (χ0) is 16.6. The van der Waals surface area contributed by atoms with Gasteiger partial charge >= 0.3 is 5.97 Å². The van der Waals surface area contributed by atoms with E-state index in [0.717, 1.165) is 12.8 Å². The summed E-state index contributed by atoms with van der Waals surface area (Å²) in [6, 6.07) is 2.47. The standard InChI is InChI=1S/C15H21N5O3/c16-9-5-6-12(19-7-2-4-11(19)15(22)23)18-14(9)20-8-1-3-10(20)13(17)21/h5-6,10-11H,1-4,7-8,16H2,(H2,17,21)(H,22,23). The molecule has 2 aliphatic heterocycles. The van der Waals surface area contributed by atoms with E-state index in [-0.39, 0.29) is 0 Å². The lowest BCUT2D eigenvalue weighted by atomic mass is 10.2. The zero-order valence-electron chi connectivity index (χ0n) is 12.8. The molecule has 8 heteroatoms. The first kappa shape index (κ1) is 15.4. The number of aliphatic carboxylic acids is 1. The van der Waals surface area contributed by atoms with Gasteiger partial charge in [-0.1, -0.05) is 0 Å². The van der Waals surface area contributed by atoms with Gasteiger partial charge in [0.15, 0.2) is 5.82 Å². The fourth-order valence-corrected chi connectivity index (χ4v) is 3.45. The molecule has 2 fully saturated rings. The summed E-state index contributed by atoms with van der Waals surface area (Å²) >= 11 is 0. The van der Waals surface area contributed by atoms with Crippen LogP contribution in [0.2, 0.25) is 0 Å². The molecule has 3 heterocycles. The van der Waals surface area contributed by atoms with E-state index < -0.39 is 24.0 Å². The van der Waals surface area contributed by atoms with Crippen molar-refractivity contribution in [3.8, 4) is 0 Å². The van der Waals surface area contributed by atoms with Crippen LogP contribution in [0.5, 0.6) is 0 Å². The van der Waals surface area contributed by atoms with Crippen LogP contribution in [0.25, 0.3) is 0 Å². The number of nitrogens with two attached hydrogens (primary N) is 2. The number of aromatic nitrogens is 1. The Morgan fingerprint density at radius 2 is 1.78 bits per heavy atom. The molecule has 0 saturated carbocycles. The van der Waals surface area contributed by atoms with Gasteiger partial charge in [0.2, 0.25) is 5.91 Å². The molecule has 2 atom stereocenters. The summed E-state index contributed by atoms with van der Waals surface area (Å²) in [7, 11) is 0. The molecular weight excluding hydrogens is 298 g/mol. The van der Waals surface area contributed by atoms with Crippen LogP contribution < -0.4 is 21.3 Å². The first-order valence-corrected chi connectivity index (χ1v) is 7.81. The SMILES string of the molecule is NC(=O)C1CCCN1c1nc(N2CCCC2C(=O)O)ccc1N. The summed E-state index contributed by atoms with van der Waals surface area (Å²) < 4.78 is 0. The summed E-state index contributed by atoms with van der Waals surface area (Å²) in [5, 5.41) is 9.33. The normalized spacial score (nSPS) is 24.2. The van der Waals surface area contributed by atoms with E-state index in [1.807, 2.05) is 4.90 Å². The fraction of sp³-hybridized carbons (Fsp3) is 0.533. The van der Waals surface area contributed by atoms with Gasteiger partial charge in [-0.05, 0) is 37.8 Å². The number of hydrogen-bond donors (Lipinski definition) is 3. The van der Waals surface area contributed by atoms with Gasteiger partial charge in [-0.15, -0.1) is 0 Å². The van der Waals surface area contributed by atoms with Gasteiger partial charge < -0.3 is 26.4 Å². The number of anilines is 3. The minimum atomic E-state index is -0.848. The summed E-state index contributed by atoms with van der Waals surface area (Å²) in [4.78, 5) is 31.1. The van der Waals surface area contributed by atoms with E-state index in [0.29, 0.717) is 43.3 Å². The Morgan fingerprint density at radius 3 is 2.43 bits per heavy atom. The molecule has 1 aromatic heterocycles. The zero-order valence-corrected chi connectivity index (χ0v) is 12.8. The van der Waals surface area contributed by atoms with Crippen LogP contribution in [-0.4, -0.2) is 47.1 Å². The van der Waals surface area contributed by atoms with E-state index in [4.69, 9.17) is 11.5 Å². The number of rotatable bonds is 4. The van der Waals surface area contributed by atoms with E-state index >= 15 is 0 Å². The molecule has 1 amide bonds. The molecule has 23 heavy (non-hydrogen) atoms. The third kappa shape index (κ3) is 2.76. The smallest absolute Gasteiger partial charge is 0.326 e. The van der Waals surface area contributed by atoms with Gasteiger partial charge in [-0.25, -0.2) is 9.78 Å². The van der Waals surface area contributed by atoms with Crippen LogP contribution in [0.1, 0.15) is 25.7 Å². The van der Waals surface area contributed by atoms with Gasteiger partial charge in [-0.3, -0.25) is 4.79 Å². The Balaban J connectivity index is 1.93. The van der Waals surface area contributed by atoms with Crippen molar-refractivity contribution in [2.75, 3.05) is 28.6 Å². The van der Waals surface area contributed by atoms with E-state index in [1.54, 1.807) is 17.0 Å². The van der Waals surface area contributed by atoms with E-state index in [2.05, 4.69) is 4.98 Å². The molecule has 2 saturated heterocycles. The number of carboxylic acid groups (broad SMARTS) is 1. The molecule has 0 spiro atoms. The van der Waals surface area contributed by atoms with Crippen molar-refractivity contribution in [1.29, 1.82) is 0 Å². The van der Waals surface area contributed by atoms with Crippen LogP contribution >= 0.6 is 0 Å². The quantitative estimate of drug-likeness (QED) is 0.722. The van der Waals surface area contributed by atoms with Gasteiger partial charge in [0.1, 0.15) is 17.9 Å². The van der Waals surface area contributed by atoms with Crippen molar-refractivity contribution in [2.45, 2.75) is 37.8 Å². The maximum absolute atomic E-state index is 11.6. The molecule has 5 N–H and O–H groups in total. The predicted molar refractivity (Wildman–Crippen MR) is 86.2 cm³/mol. The van der Waals surface area contributed by atoms with Crippen molar-refractivity contribution < 1.29 is 14.7 Å². The van der Waals surface area contributed by atoms with Crippen LogP contribution in [0, 0.1) is 0 Å². The average Bonchev–Trinajstić information content (AvgIpc) is 3.16. The first-order valence-electron chi connectivity index (χ1n) is 7.81. The van der Waals surface area contributed by atoms with Crippen molar-refractivity contribution in [1.82, 2.24) is 4.98 Å². The summed E-state index contributed by atoms with van der Waals surface area (Å²) in [6.45, 7) is 1.31. The van der Waals surface area contributed by atoms with Gasteiger partial charge in [0, 0.05) is 13.1 Å². The lowest BCUT2D eigenvalue weighted by Gasteiger charge is -2.28. The van der Waals surface area contributed by atoms with Crippen LogP contribution in [0.4, 0.5) is 17.3 Å². The average molecular weight is 319 g/mol. The van der Waals surface area contributed by atoms with Crippen molar-refractivity contribution >= 4 is 29.2 Å². The minimum Gasteiger partial charge on any atom is -0.480 e. The molecular formula is C15H21N5O3. The number of carboxylic acids is 1. The van der Waals surface area contributed by atoms with Gasteiger partial charge in [0.05, 0.1) is 5.69 Å². The summed E-state index contributed by atoms with van der Waals surface area (Å²) in [5.41, 5.74) is 12.0. The van der Waals surface area contributed by atoms with E-state index in [1.165, 1.54) is 0 Å². The topological polar surface area (TPSA) is 126 Å². The highest BCUT2D eigenvalue weighted by atomic mass is 16.4. The first-order chi connectivity index (χ1) is 11.0. The number of hydrogen-bond acceptors (Lipinski definition) is 6. The Bertz CT molecular complexity index is 636. The van der Waals surface area contributed by atoms with E-state index in [9.17, 15) is 14.7 Å². The maximum atomic E-state index is 11.6. The molecule has 8 nitrogen and oxygen atoms in total. The highest BCUT2D eigenvalue weighted by Gasteiger charge is 2.34. The molecule has 2 aliphatic rings. The number of carbonyl (C=O) groups excluding carboxylic acids is 1. The summed E-state index contributed by atoms with van der Waals surface area (Å²) in [5.74, 6) is -0.147. The second kappa shape index (κ2) is 5.94. The molecule has 1 aromatic rings. The highest BCUT2D eigenvalue weighted by molar-refractivity contribution is 5.85. The highest BCUT2D eigenvalue weighted by Crippen LogP contribution is 2.32. The Morgan fingerprint density at radius 1 is 1.13 bits per heavy atom. The van der Waals surface area contributed by atoms with Crippen molar-refractivity contribution in [3.05, 3.63) is 12.1 Å². The predicted octanol–water partition coefficient (Wildman–Crippen LogP) is 0.171. The molecule has 2 unspecified atom stereocenters. The third-order valence-corrected chi connectivity index (χ3v) is 4.58. The number of amides is 1. The number of nitrogen functional groups attached to an aromatic ring is 1. The van der Waals surface area contributed by atoms with Crippen LogP contribution in [0.15, 0.2) is 12.1 Å². The second-order valence-corrected chi connectivity index (χ2v) is 6.03. The van der Waals surface area contributed by atoms with Gasteiger partial charge in [0.25, 0.3) is 0 Å². The van der Waals surface area contributed by atoms with Crippen LogP contribution in [0.3, 0.4) is 0 Å². The second-order valence-electron chi connectivity index (χ2n) is 6.03. The van der Waals surface area contributed by atoms with Crippen LogP contribution in [-0.2, 0) is 9.59 Å². The minimum absolute atomic E-state index is 0.390. The molecule has 124 valence electrons. The van der Waals surface area contributed by atoms with Crippen molar-refractivity contribution in [2.24, 2.45) is 5.73 Å². The van der Waals surface area contributed by atoms with Gasteiger partial charge in [-0.2, -0.15) is 0 Å². The monoisotopic (exact) mass is 319 g/mol. The number of nitrogens with zero attached hydrogens (tertiary/aromatic N) is 3. The molecule has 0 aromatic carbocycles. The molecule has 0 radical (unpaired) electrons. The molecule has 0 bridgehead atoms. The lowest BCUT2D eigenvalue weighted by molar-refractivity contribution is -0.138. The maximum Gasteiger partial charge on any atom is 0.326 e. The number of pyridine rings is 1. The summed E-state index contributed by atoms with van der Waals surface area (Å²) in [6.07, 6.45) is 2.94. The fourth-order valence-electron chi connectivity index (χ4n) is 3.45. The Labute approximate surface area is 134 Å². The van der Waals surface area contributed by atoms with Crippen molar-refractivity contribution in [3.63, 3.8) is 0 Å². The largest absolute Gasteiger partial charge is 0.480 e. The third-order valence-electron chi connectivity index (χ3n) is 4.58. The number of carbonyl (C=O) groups is 2. The molecule has 0 aliphatic carbocycles. The lowest BCUT2D eigenvalue weighted by Crippen LogP contribution is -2.41. The number of primary amides is 1.